The Morgan fingerprint density at radius 2 is 0.548 bits per heavy atom. The van der Waals surface area contributed by atoms with Gasteiger partial charge in [-0.1, -0.05) is 62.3 Å². The normalized spacial score (nSPS) is 37.5. The van der Waals surface area contributed by atoms with Crippen molar-refractivity contribution in [3.05, 3.63) is 0 Å². The van der Waals surface area contributed by atoms with Crippen LogP contribution in [0.5, 0.6) is 0 Å². The largest absolute Gasteiger partial charge is 0.118 e. The Hall–Kier alpha value is 0.350. The molecular weight excluding hydrogens is 392 g/mol. The highest BCUT2D eigenvalue weighted by Crippen LogP contribution is 2.48. The van der Waals surface area contributed by atoms with Crippen LogP contribution in [0.3, 0.4) is 0 Å². The Morgan fingerprint density at radius 1 is 0.355 bits per heavy atom. The van der Waals surface area contributed by atoms with Gasteiger partial charge in [-0.25, -0.2) is 0 Å². The van der Waals surface area contributed by atoms with Gasteiger partial charge in [0.05, 0.1) is 0 Å². The maximum atomic E-state index is 2.49. The summed E-state index contributed by atoms with van der Waals surface area (Å²) in [5.41, 5.74) is 1.54. The topological polar surface area (TPSA) is 0 Å². The van der Waals surface area contributed by atoms with Crippen LogP contribution >= 0.6 is 0 Å². The average Bonchev–Trinajstić information content (AvgIpc) is 2.67. The lowest BCUT2D eigenvalue weighted by Crippen LogP contribution is -2.47. The summed E-state index contributed by atoms with van der Waals surface area (Å²) < 4.78 is 0. The molecule has 0 aromatic heterocycles. The fraction of sp³-hybridized carbons (Fsp3) is 1.00. The Balaban J connectivity index is 1.69. The van der Waals surface area contributed by atoms with Crippen molar-refractivity contribution in [3.63, 3.8) is 0 Å². The summed E-state index contributed by atoms with van der Waals surface area (Å²) in [7, 11) is 0.691. The van der Waals surface area contributed by atoms with Crippen LogP contribution in [0.1, 0.15) is 139 Å². The summed E-state index contributed by atoms with van der Waals surface area (Å²) in [5, 5.41) is 3.18. The Morgan fingerprint density at radius 3 is 0.710 bits per heavy atom. The summed E-state index contributed by atoms with van der Waals surface area (Å²) in [4.78, 5) is 0. The minimum atomic E-state index is 0.513. The quantitative estimate of drug-likeness (QED) is 0.376. The number of hydrogen-bond acceptors (Lipinski definition) is 0. The Kier molecular flexibility index (Phi) is 8.30. The van der Waals surface area contributed by atoms with Crippen LogP contribution in [0.2, 0.25) is 0 Å². The predicted molar refractivity (Wildman–Crippen MR) is 143 cm³/mol. The lowest BCUT2D eigenvalue weighted by Gasteiger charge is -2.44. The molecule has 3 fully saturated rings. The Bertz CT molecular complexity index is 452. The van der Waals surface area contributed by atoms with Crippen LogP contribution in [0, 0.1) is 34.0 Å². The molecule has 0 heterocycles. The molecule has 0 amide bonds. The first-order chi connectivity index (χ1) is 14.3. The number of rotatable bonds is 3. The molecule has 0 saturated heterocycles. The van der Waals surface area contributed by atoms with Gasteiger partial charge in [0.1, 0.15) is 15.7 Å². The van der Waals surface area contributed by atoms with Crippen molar-refractivity contribution >= 4 is 10.9 Å². The van der Waals surface area contributed by atoms with Crippen molar-refractivity contribution < 1.29 is 0 Å². The molecule has 3 rings (SSSR count). The zero-order valence-electron chi connectivity index (χ0n) is 22.9. The van der Waals surface area contributed by atoms with Gasteiger partial charge in [-0.05, 0) is 122 Å². The van der Waals surface area contributed by atoms with Crippen LogP contribution in [-0.4, -0.2) is 15.7 Å². The predicted octanol–water partition coefficient (Wildman–Crippen LogP) is 9.42. The van der Waals surface area contributed by atoms with E-state index in [0.29, 0.717) is 27.1 Å². The third-order valence-electron chi connectivity index (χ3n) is 9.85. The molecule has 3 saturated carbocycles. The van der Waals surface area contributed by atoms with Crippen LogP contribution in [0.25, 0.3) is 0 Å². The highest BCUT2D eigenvalue weighted by molar-refractivity contribution is 7.98. The molecular formula is C30H57S+. The second-order valence-electron chi connectivity index (χ2n) is 14.9. The first-order valence-electron chi connectivity index (χ1n) is 14.0. The van der Waals surface area contributed by atoms with Gasteiger partial charge in [0.25, 0.3) is 0 Å². The van der Waals surface area contributed by atoms with E-state index in [0.717, 1.165) is 33.5 Å². The molecule has 182 valence electrons. The lowest BCUT2D eigenvalue weighted by atomic mass is 9.72. The SMILES string of the molecule is CC(C)(C)C1CCC([S+](C2CCC(C(C)(C)C)CC2)C2CCC(C(C)(C)C)CC2)CC1. The van der Waals surface area contributed by atoms with E-state index in [9.17, 15) is 0 Å². The third-order valence-corrected chi connectivity index (χ3v) is 13.6. The molecule has 0 aromatic carbocycles. The van der Waals surface area contributed by atoms with Gasteiger partial charge in [-0.3, -0.25) is 0 Å². The molecule has 0 atom stereocenters. The number of hydrogen-bond donors (Lipinski definition) is 0. The summed E-state index contributed by atoms with van der Waals surface area (Å²) in [6.45, 7) is 22.4. The average molecular weight is 450 g/mol. The molecule has 0 unspecified atom stereocenters. The standard InChI is InChI=1S/C30H57S/c1-28(2,3)22-10-16-25(17-11-22)31(26-18-12-23(13-19-26)29(4,5)6)27-20-14-24(15-21-27)30(7,8)9/h22-27H,10-21H2,1-9H3/q+1. The van der Waals surface area contributed by atoms with Gasteiger partial charge in [0.15, 0.2) is 0 Å². The van der Waals surface area contributed by atoms with Gasteiger partial charge in [0, 0.05) is 0 Å². The third kappa shape index (κ3) is 6.70. The van der Waals surface area contributed by atoms with Crippen LogP contribution in [0.4, 0.5) is 0 Å². The van der Waals surface area contributed by atoms with E-state index < -0.39 is 0 Å². The van der Waals surface area contributed by atoms with E-state index in [1.54, 1.807) is 38.5 Å². The molecule has 3 aliphatic rings. The highest BCUT2D eigenvalue weighted by atomic mass is 32.2. The van der Waals surface area contributed by atoms with Gasteiger partial charge < -0.3 is 0 Å². The smallest absolute Gasteiger partial charge is 0.0599 e. The summed E-state index contributed by atoms with van der Waals surface area (Å²) in [6, 6.07) is 0. The maximum absolute atomic E-state index is 2.49. The molecule has 3 aliphatic carbocycles. The van der Waals surface area contributed by atoms with Crippen molar-refractivity contribution in [2.45, 2.75) is 155 Å². The van der Waals surface area contributed by atoms with Crippen LogP contribution < -0.4 is 0 Å². The fourth-order valence-electron chi connectivity index (χ4n) is 7.42. The lowest BCUT2D eigenvalue weighted by molar-refractivity contribution is 0.173. The van der Waals surface area contributed by atoms with E-state index in [-0.39, 0.29) is 0 Å². The molecule has 0 aliphatic heterocycles. The molecule has 0 aromatic rings. The second kappa shape index (κ2) is 9.92. The first-order valence-corrected chi connectivity index (χ1v) is 15.4. The van der Waals surface area contributed by atoms with Crippen molar-refractivity contribution in [2.75, 3.05) is 0 Å². The second-order valence-corrected chi connectivity index (χ2v) is 17.7. The fourth-order valence-corrected chi connectivity index (χ4v) is 11.5. The van der Waals surface area contributed by atoms with E-state index in [2.05, 4.69) is 62.3 Å². The monoisotopic (exact) mass is 449 g/mol. The molecule has 0 bridgehead atoms. The van der Waals surface area contributed by atoms with Crippen LogP contribution in [0.15, 0.2) is 0 Å². The highest BCUT2D eigenvalue weighted by Gasteiger charge is 2.49. The van der Waals surface area contributed by atoms with E-state index in [4.69, 9.17) is 0 Å². The van der Waals surface area contributed by atoms with E-state index >= 15 is 0 Å². The van der Waals surface area contributed by atoms with Crippen molar-refractivity contribution in [3.8, 4) is 0 Å². The van der Waals surface area contributed by atoms with Gasteiger partial charge >= 0.3 is 0 Å². The van der Waals surface area contributed by atoms with E-state index in [1.807, 2.05) is 0 Å². The zero-order chi connectivity index (χ0) is 23.0. The molecule has 1 heteroatoms. The van der Waals surface area contributed by atoms with Crippen LogP contribution in [-0.2, 0) is 10.9 Å². The van der Waals surface area contributed by atoms with E-state index in [1.165, 1.54) is 38.5 Å². The molecule has 31 heavy (non-hydrogen) atoms. The zero-order valence-corrected chi connectivity index (χ0v) is 23.7. The van der Waals surface area contributed by atoms with Gasteiger partial charge in [0.2, 0.25) is 0 Å². The first kappa shape index (κ1) is 26.0. The van der Waals surface area contributed by atoms with Crippen molar-refractivity contribution in [1.82, 2.24) is 0 Å². The minimum absolute atomic E-state index is 0.513. The molecule has 0 spiro atoms. The van der Waals surface area contributed by atoms with Gasteiger partial charge in [-0.2, -0.15) is 0 Å². The molecule has 0 nitrogen and oxygen atoms in total. The molecule has 0 radical (unpaired) electrons. The van der Waals surface area contributed by atoms with Crippen molar-refractivity contribution in [2.24, 2.45) is 34.0 Å². The Labute approximate surface area is 199 Å². The minimum Gasteiger partial charge on any atom is -0.0599 e. The van der Waals surface area contributed by atoms with Crippen molar-refractivity contribution in [1.29, 1.82) is 0 Å². The summed E-state index contributed by atoms with van der Waals surface area (Å²) >= 11 is 0. The maximum Gasteiger partial charge on any atom is 0.118 e. The molecule has 0 N–H and O–H groups in total. The summed E-state index contributed by atoms with van der Waals surface area (Å²) in [6.07, 6.45) is 18.3. The summed E-state index contributed by atoms with van der Waals surface area (Å²) in [5.74, 6) is 2.88. The van der Waals surface area contributed by atoms with Gasteiger partial charge in [-0.15, -0.1) is 0 Å².